The van der Waals surface area contributed by atoms with Crippen molar-refractivity contribution < 1.29 is 28.7 Å². The lowest BCUT2D eigenvalue weighted by Crippen LogP contribution is -2.51. The van der Waals surface area contributed by atoms with Gasteiger partial charge < -0.3 is 35.5 Å². The molecule has 0 aromatic heterocycles. The van der Waals surface area contributed by atoms with Gasteiger partial charge in [-0.1, -0.05) is 81.4 Å². The molecule has 0 aliphatic rings. The van der Waals surface area contributed by atoms with Crippen LogP contribution in [0, 0.1) is 0 Å². The predicted molar refractivity (Wildman–Crippen MR) is 164 cm³/mol. The van der Waals surface area contributed by atoms with Gasteiger partial charge in [0.1, 0.15) is 6.61 Å². The van der Waals surface area contributed by atoms with Crippen LogP contribution in [0.25, 0.3) is 0 Å². The molecule has 0 saturated carbocycles. The van der Waals surface area contributed by atoms with Gasteiger partial charge in [0.05, 0.1) is 12.1 Å². The van der Waals surface area contributed by atoms with Gasteiger partial charge in [-0.3, -0.25) is 4.79 Å². The van der Waals surface area contributed by atoms with Crippen molar-refractivity contribution in [2.24, 2.45) is 5.73 Å². The maximum atomic E-state index is 12.8. The van der Waals surface area contributed by atoms with E-state index in [9.17, 15) is 19.5 Å². The van der Waals surface area contributed by atoms with Gasteiger partial charge in [-0.2, -0.15) is 0 Å². The lowest BCUT2D eigenvalue weighted by atomic mass is 10.1. The van der Waals surface area contributed by atoms with Crippen LogP contribution >= 0.6 is 12.4 Å². The fourth-order valence-electron chi connectivity index (χ4n) is 3.62. The SMILES string of the molecule is CC(C)(C)[Si](C)(C)O[C@@H](CNC(=O)OCc1ccccc1)C[C@H](N)C(=O)NCCN(Cc1ccccc1)C(=O)O.Cl. The fraction of sp³-hybridized carbons (Fsp3) is 0.483. The van der Waals surface area contributed by atoms with E-state index >= 15 is 0 Å². The Kier molecular flexibility index (Phi) is 14.9. The van der Waals surface area contributed by atoms with Crippen molar-refractivity contribution in [2.75, 3.05) is 19.6 Å². The molecule has 0 bridgehead atoms. The van der Waals surface area contributed by atoms with Crippen LogP contribution in [0.5, 0.6) is 0 Å². The van der Waals surface area contributed by atoms with Gasteiger partial charge in [0.2, 0.25) is 5.91 Å². The zero-order valence-electron chi connectivity index (χ0n) is 24.6. The van der Waals surface area contributed by atoms with Gasteiger partial charge in [-0.25, -0.2) is 9.59 Å². The summed E-state index contributed by atoms with van der Waals surface area (Å²) in [4.78, 5) is 38.0. The summed E-state index contributed by atoms with van der Waals surface area (Å²) in [6, 6.07) is 17.7. The molecule has 41 heavy (non-hydrogen) atoms. The minimum Gasteiger partial charge on any atom is -0.465 e. The molecule has 2 rings (SSSR count). The molecule has 12 heteroatoms. The number of amides is 3. The molecule has 0 spiro atoms. The lowest BCUT2D eigenvalue weighted by molar-refractivity contribution is -0.123. The molecular formula is C29H45ClN4O6Si. The zero-order chi connectivity index (χ0) is 29.8. The monoisotopic (exact) mass is 608 g/mol. The molecule has 0 radical (unpaired) electrons. The highest BCUT2D eigenvalue weighted by Gasteiger charge is 2.39. The first-order chi connectivity index (χ1) is 18.8. The zero-order valence-corrected chi connectivity index (χ0v) is 26.4. The minimum absolute atomic E-state index is 0. The van der Waals surface area contributed by atoms with E-state index in [1.165, 1.54) is 4.90 Å². The Morgan fingerprint density at radius 3 is 2.07 bits per heavy atom. The average Bonchev–Trinajstić information content (AvgIpc) is 2.90. The van der Waals surface area contributed by atoms with E-state index in [2.05, 4.69) is 44.5 Å². The number of nitrogens with two attached hydrogens (primary N) is 1. The third-order valence-corrected chi connectivity index (χ3v) is 11.5. The first-order valence-electron chi connectivity index (χ1n) is 13.5. The van der Waals surface area contributed by atoms with Crippen LogP contribution < -0.4 is 16.4 Å². The largest absolute Gasteiger partial charge is 0.465 e. The molecule has 0 aliphatic heterocycles. The number of carbonyl (C=O) groups is 3. The normalized spacial score (nSPS) is 12.8. The second-order valence-corrected chi connectivity index (χ2v) is 16.0. The third-order valence-electron chi connectivity index (χ3n) is 6.98. The molecule has 0 unspecified atom stereocenters. The number of rotatable bonds is 14. The van der Waals surface area contributed by atoms with Crippen LogP contribution in [-0.4, -0.2) is 68.2 Å². The number of nitrogens with one attached hydrogen (secondary N) is 2. The average molecular weight is 609 g/mol. The summed E-state index contributed by atoms with van der Waals surface area (Å²) in [6.07, 6.45) is -2.00. The van der Waals surface area contributed by atoms with E-state index < -0.39 is 38.6 Å². The van der Waals surface area contributed by atoms with E-state index in [0.29, 0.717) is 0 Å². The molecule has 0 aliphatic carbocycles. The van der Waals surface area contributed by atoms with Crippen molar-refractivity contribution in [1.82, 2.24) is 15.5 Å². The first-order valence-corrected chi connectivity index (χ1v) is 16.4. The quantitative estimate of drug-likeness (QED) is 0.227. The molecule has 228 valence electrons. The van der Waals surface area contributed by atoms with E-state index in [1.807, 2.05) is 60.7 Å². The molecule has 2 aromatic rings. The predicted octanol–water partition coefficient (Wildman–Crippen LogP) is 4.74. The van der Waals surface area contributed by atoms with E-state index in [0.717, 1.165) is 11.1 Å². The maximum Gasteiger partial charge on any atom is 0.407 e. The van der Waals surface area contributed by atoms with Gasteiger partial charge in [0.25, 0.3) is 0 Å². The van der Waals surface area contributed by atoms with Crippen LogP contribution in [0.1, 0.15) is 38.3 Å². The number of nitrogens with zero attached hydrogens (tertiary/aromatic N) is 1. The summed E-state index contributed by atoms with van der Waals surface area (Å²) in [7, 11) is -2.25. The summed E-state index contributed by atoms with van der Waals surface area (Å²) in [5, 5.41) is 14.9. The number of ether oxygens (including phenoxy) is 1. The Bertz CT molecular complexity index is 1090. The summed E-state index contributed by atoms with van der Waals surface area (Å²) >= 11 is 0. The topological polar surface area (TPSA) is 143 Å². The number of hydrogen-bond donors (Lipinski definition) is 4. The second-order valence-electron chi connectivity index (χ2n) is 11.3. The molecule has 2 aromatic carbocycles. The second kappa shape index (κ2) is 17.0. The Morgan fingerprint density at radius 2 is 1.54 bits per heavy atom. The van der Waals surface area contributed by atoms with Crippen LogP contribution in [0.2, 0.25) is 18.1 Å². The molecule has 0 fully saturated rings. The maximum absolute atomic E-state index is 12.8. The molecule has 2 atom stereocenters. The van der Waals surface area contributed by atoms with E-state index in [1.54, 1.807) is 0 Å². The van der Waals surface area contributed by atoms with Crippen LogP contribution in [0.3, 0.4) is 0 Å². The van der Waals surface area contributed by atoms with Gasteiger partial charge in [0.15, 0.2) is 8.32 Å². The Balaban J connectivity index is 0.00000840. The van der Waals surface area contributed by atoms with Crippen molar-refractivity contribution >= 4 is 38.8 Å². The Hall–Kier alpha value is -3.12. The van der Waals surface area contributed by atoms with Gasteiger partial charge in [-0.05, 0) is 35.7 Å². The van der Waals surface area contributed by atoms with Crippen molar-refractivity contribution in [2.45, 2.75) is 70.6 Å². The fourth-order valence-corrected chi connectivity index (χ4v) is 4.99. The van der Waals surface area contributed by atoms with Crippen LogP contribution in [-0.2, 0) is 27.1 Å². The number of carbonyl (C=O) groups excluding carboxylic acids is 2. The highest BCUT2D eigenvalue weighted by molar-refractivity contribution is 6.74. The molecule has 0 saturated heterocycles. The van der Waals surface area contributed by atoms with E-state index in [4.69, 9.17) is 14.9 Å². The van der Waals surface area contributed by atoms with Gasteiger partial charge in [0, 0.05) is 26.2 Å². The van der Waals surface area contributed by atoms with Crippen molar-refractivity contribution in [3.8, 4) is 0 Å². The summed E-state index contributed by atoms with van der Waals surface area (Å²) in [5.74, 6) is -0.416. The standard InChI is InChI=1S/C29H44N4O6Si.ClH/c1-29(2,3)40(4,5)39-24(19-32-27(35)38-21-23-14-10-7-11-15-23)18-25(30)26(34)31-16-17-33(28(36)37)20-22-12-8-6-9-13-22;/h6-15,24-25H,16-21,30H2,1-5H3,(H,31,34)(H,32,35)(H,36,37);1H/t24-,25+;/m1./s1. The molecule has 10 nitrogen and oxygen atoms in total. The molecule has 3 amide bonds. The number of carboxylic acid groups (broad SMARTS) is 1. The van der Waals surface area contributed by atoms with Gasteiger partial charge in [-0.15, -0.1) is 12.4 Å². The van der Waals surface area contributed by atoms with Gasteiger partial charge >= 0.3 is 12.2 Å². The van der Waals surface area contributed by atoms with Crippen LogP contribution in [0.15, 0.2) is 60.7 Å². The summed E-state index contributed by atoms with van der Waals surface area (Å²) in [5.41, 5.74) is 7.96. The lowest BCUT2D eigenvalue weighted by Gasteiger charge is -2.39. The number of alkyl carbamates (subject to hydrolysis) is 1. The first kappa shape index (κ1) is 35.9. The number of hydrogen-bond acceptors (Lipinski definition) is 6. The summed E-state index contributed by atoms with van der Waals surface area (Å²) in [6.45, 7) is 11.2. The molecule has 5 N–H and O–H groups in total. The Labute approximate surface area is 250 Å². The van der Waals surface area contributed by atoms with Crippen LogP contribution in [0.4, 0.5) is 9.59 Å². The number of halogens is 1. The summed E-state index contributed by atoms with van der Waals surface area (Å²) < 4.78 is 11.8. The highest BCUT2D eigenvalue weighted by Crippen LogP contribution is 2.37. The van der Waals surface area contributed by atoms with Crippen molar-refractivity contribution in [3.63, 3.8) is 0 Å². The Morgan fingerprint density at radius 1 is 0.976 bits per heavy atom. The van der Waals surface area contributed by atoms with E-state index in [-0.39, 0.29) is 56.7 Å². The minimum atomic E-state index is -2.25. The smallest absolute Gasteiger partial charge is 0.407 e. The third kappa shape index (κ3) is 12.9. The molecule has 0 heterocycles. The highest BCUT2D eigenvalue weighted by atomic mass is 35.5. The van der Waals surface area contributed by atoms with Crippen molar-refractivity contribution in [3.05, 3.63) is 71.8 Å². The van der Waals surface area contributed by atoms with Crippen molar-refractivity contribution in [1.29, 1.82) is 0 Å². The molecular weight excluding hydrogens is 564 g/mol. The number of benzene rings is 2.